The predicted molar refractivity (Wildman–Crippen MR) is 79.3 cm³/mol. The highest BCUT2D eigenvalue weighted by Gasteiger charge is 2.25. The highest BCUT2D eigenvalue weighted by Crippen LogP contribution is 2.24. The number of likely N-dealkylation sites (N-methyl/N-ethyl adjacent to an activating group) is 1. The monoisotopic (exact) mass is 262 g/mol. The maximum atomic E-state index is 5.46. The molecule has 1 fully saturated rings. The van der Waals surface area contributed by atoms with Crippen LogP contribution in [0.1, 0.15) is 31.4 Å². The number of hydrogen-bond donors (Lipinski definition) is 1. The van der Waals surface area contributed by atoms with Crippen LogP contribution in [0.2, 0.25) is 0 Å². The van der Waals surface area contributed by atoms with Crippen molar-refractivity contribution >= 4 is 0 Å². The van der Waals surface area contributed by atoms with Crippen LogP contribution in [0, 0.1) is 0 Å². The lowest BCUT2D eigenvalue weighted by Gasteiger charge is -2.37. The van der Waals surface area contributed by atoms with E-state index in [9.17, 15) is 0 Å². The van der Waals surface area contributed by atoms with Crippen molar-refractivity contribution in [1.29, 1.82) is 0 Å². The first-order valence-electron chi connectivity index (χ1n) is 7.37. The summed E-state index contributed by atoms with van der Waals surface area (Å²) < 4.78 is 5.46. The number of likely N-dealkylation sites (tertiary alicyclic amines) is 1. The Morgan fingerprint density at radius 1 is 1.26 bits per heavy atom. The molecule has 1 saturated heterocycles. The third-order valence-corrected chi connectivity index (χ3v) is 4.02. The minimum Gasteiger partial charge on any atom is -0.381 e. The third-order valence-electron chi connectivity index (χ3n) is 4.02. The average molecular weight is 262 g/mol. The van der Waals surface area contributed by atoms with Gasteiger partial charge in [-0.3, -0.25) is 4.90 Å². The summed E-state index contributed by atoms with van der Waals surface area (Å²) in [6, 6.07) is 11.3. The molecule has 0 saturated carbocycles. The Hall–Kier alpha value is -0.900. The number of ether oxygens (including phenoxy) is 1. The van der Waals surface area contributed by atoms with Gasteiger partial charge in [0.25, 0.3) is 0 Å². The van der Waals surface area contributed by atoms with Crippen LogP contribution in [-0.2, 0) is 4.74 Å². The zero-order chi connectivity index (χ0) is 13.5. The van der Waals surface area contributed by atoms with Crippen molar-refractivity contribution in [2.24, 2.45) is 0 Å². The van der Waals surface area contributed by atoms with Crippen molar-refractivity contribution in [1.82, 2.24) is 10.2 Å². The SMILES string of the molecule is CCNCC(c1ccccc1)N1CCC(OC)CC1. The van der Waals surface area contributed by atoms with Crippen molar-refractivity contribution in [3.8, 4) is 0 Å². The van der Waals surface area contributed by atoms with Crippen molar-refractivity contribution in [2.75, 3.05) is 33.3 Å². The Morgan fingerprint density at radius 3 is 2.53 bits per heavy atom. The minimum atomic E-state index is 0.451. The Morgan fingerprint density at radius 2 is 1.95 bits per heavy atom. The normalized spacial score (nSPS) is 19.5. The molecule has 1 N–H and O–H groups in total. The Kier molecular flexibility index (Phi) is 5.83. The number of benzene rings is 1. The van der Waals surface area contributed by atoms with E-state index in [4.69, 9.17) is 4.74 Å². The number of methoxy groups -OCH3 is 1. The minimum absolute atomic E-state index is 0.451. The zero-order valence-corrected chi connectivity index (χ0v) is 12.1. The first kappa shape index (κ1) is 14.5. The van der Waals surface area contributed by atoms with Gasteiger partial charge in [-0.05, 0) is 24.9 Å². The molecule has 0 amide bonds. The number of hydrogen-bond acceptors (Lipinski definition) is 3. The molecule has 0 aliphatic carbocycles. The topological polar surface area (TPSA) is 24.5 Å². The molecule has 1 aromatic rings. The molecule has 0 spiro atoms. The molecule has 1 heterocycles. The van der Waals surface area contributed by atoms with Crippen LogP contribution >= 0.6 is 0 Å². The van der Waals surface area contributed by atoms with E-state index >= 15 is 0 Å². The molecule has 19 heavy (non-hydrogen) atoms. The zero-order valence-electron chi connectivity index (χ0n) is 12.1. The molecule has 106 valence electrons. The molecule has 0 bridgehead atoms. The molecule has 3 heteroatoms. The number of piperidine rings is 1. The molecule has 1 aliphatic rings. The van der Waals surface area contributed by atoms with Gasteiger partial charge in [-0.1, -0.05) is 37.3 Å². The molecular formula is C16H26N2O. The molecule has 1 aromatic carbocycles. The van der Waals surface area contributed by atoms with Gasteiger partial charge in [0.15, 0.2) is 0 Å². The summed E-state index contributed by atoms with van der Waals surface area (Å²) in [5.74, 6) is 0. The van der Waals surface area contributed by atoms with Gasteiger partial charge in [0, 0.05) is 32.8 Å². The van der Waals surface area contributed by atoms with Gasteiger partial charge in [0.1, 0.15) is 0 Å². The van der Waals surface area contributed by atoms with Crippen molar-refractivity contribution in [3.63, 3.8) is 0 Å². The summed E-state index contributed by atoms with van der Waals surface area (Å²) in [7, 11) is 1.83. The average Bonchev–Trinajstić information content (AvgIpc) is 2.49. The third kappa shape index (κ3) is 4.03. The van der Waals surface area contributed by atoms with Gasteiger partial charge < -0.3 is 10.1 Å². The van der Waals surface area contributed by atoms with E-state index in [1.807, 2.05) is 7.11 Å². The lowest BCUT2D eigenvalue weighted by Crippen LogP contribution is -2.42. The molecule has 1 aliphatic heterocycles. The second kappa shape index (κ2) is 7.63. The Labute approximate surface area is 116 Å². The van der Waals surface area contributed by atoms with Gasteiger partial charge in [0.2, 0.25) is 0 Å². The van der Waals surface area contributed by atoms with Gasteiger partial charge >= 0.3 is 0 Å². The smallest absolute Gasteiger partial charge is 0.0595 e. The quantitative estimate of drug-likeness (QED) is 0.852. The second-order valence-electron chi connectivity index (χ2n) is 5.21. The predicted octanol–water partition coefficient (Wildman–Crippen LogP) is 2.45. The van der Waals surface area contributed by atoms with E-state index in [1.54, 1.807) is 0 Å². The van der Waals surface area contributed by atoms with Gasteiger partial charge in [-0.15, -0.1) is 0 Å². The number of rotatable bonds is 6. The van der Waals surface area contributed by atoms with E-state index in [0.717, 1.165) is 39.0 Å². The van der Waals surface area contributed by atoms with E-state index < -0.39 is 0 Å². The van der Waals surface area contributed by atoms with Crippen LogP contribution in [0.4, 0.5) is 0 Å². The van der Waals surface area contributed by atoms with Gasteiger partial charge in [-0.2, -0.15) is 0 Å². The first-order chi connectivity index (χ1) is 9.35. The maximum absolute atomic E-state index is 5.46. The number of nitrogens with one attached hydrogen (secondary N) is 1. The maximum Gasteiger partial charge on any atom is 0.0595 e. The van der Waals surface area contributed by atoms with Crippen LogP contribution in [-0.4, -0.2) is 44.3 Å². The largest absolute Gasteiger partial charge is 0.381 e. The van der Waals surface area contributed by atoms with Crippen LogP contribution in [0.25, 0.3) is 0 Å². The van der Waals surface area contributed by atoms with Crippen molar-refractivity contribution in [3.05, 3.63) is 35.9 Å². The summed E-state index contributed by atoms with van der Waals surface area (Å²) in [6.07, 6.45) is 2.74. The molecule has 1 atom stereocenters. The summed E-state index contributed by atoms with van der Waals surface area (Å²) >= 11 is 0. The second-order valence-corrected chi connectivity index (χ2v) is 5.21. The lowest BCUT2D eigenvalue weighted by molar-refractivity contribution is 0.0269. The summed E-state index contributed by atoms with van der Waals surface area (Å²) in [5, 5.41) is 3.50. The number of nitrogens with zero attached hydrogens (tertiary/aromatic N) is 1. The summed E-state index contributed by atoms with van der Waals surface area (Å²) in [4.78, 5) is 2.59. The fraction of sp³-hybridized carbons (Fsp3) is 0.625. The molecule has 3 nitrogen and oxygen atoms in total. The standard InChI is InChI=1S/C16H26N2O/c1-3-17-13-16(14-7-5-4-6-8-14)18-11-9-15(19-2)10-12-18/h4-8,15-17H,3,9-13H2,1-2H3. The molecule has 2 rings (SSSR count). The molecule has 0 radical (unpaired) electrons. The van der Waals surface area contributed by atoms with E-state index in [2.05, 4.69) is 47.5 Å². The first-order valence-corrected chi connectivity index (χ1v) is 7.37. The lowest BCUT2D eigenvalue weighted by atomic mass is 10.0. The molecular weight excluding hydrogens is 236 g/mol. The summed E-state index contributed by atoms with van der Waals surface area (Å²) in [6.45, 7) is 6.47. The highest BCUT2D eigenvalue weighted by atomic mass is 16.5. The van der Waals surface area contributed by atoms with E-state index in [1.165, 1.54) is 5.56 Å². The van der Waals surface area contributed by atoms with E-state index in [-0.39, 0.29) is 0 Å². The Bertz CT molecular complexity index is 347. The summed E-state index contributed by atoms with van der Waals surface area (Å²) in [5.41, 5.74) is 1.42. The van der Waals surface area contributed by atoms with E-state index in [0.29, 0.717) is 12.1 Å². The van der Waals surface area contributed by atoms with Crippen LogP contribution < -0.4 is 5.32 Å². The highest BCUT2D eigenvalue weighted by molar-refractivity contribution is 5.19. The van der Waals surface area contributed by atoms with Gasteiger partial charge in [-0.25, -0.2) is 0 Å². The van der Waals surface area contributed by atoms with Crippen LogP contribution in [0.5, 0.6) is 0 Å². The van der Waals surface area contributed by atoms with Crippen LogP contribution in [0.15, 0.2) is 30.3 Å². The van der Waals surface area contributed by atoms with Crippen molar-refractivity contribution in [2.45, 2.75) is 31.9 Å². The fourth-order valence-electron chi connectivity index (χ4n) is 2.84. The molecule has 1 unspecified atom stereocenters. The van der Waals surface area contributed by atoms with Crippen LogP contribution in [0.3, 0.4) is 0 Å². The molecule has 0 aromatic heterocycles. The van der Waals surface area contributed by atoms with Crippen molar-refractivity contribution < 1.29 is 4.74 Å². The van der Waals surface area contributed by atoms with Gasteiger partial charge in [0.05, 0.1) is 6.10 Å². The Balaban J connectivity index is 2.02. The fourth-order valence-corrected chi connectivity index (χ4v) is 2.84.